The second-order valence-electron chi connectivity index (χ2n) is 24.5. The molecule has 320 valence electrons. The van der Waals surface area contributed by atoms with Gasteiger partial charge in [0, 0.05) is 0 Å². The molecular formula is C56H96. The van der Waals surface area contributed by atoms with Gasteiger partial charge in [0.1, 0.15) is 0 Å². The van der Waals surface area contributed by atoms with Crippen LogP contribution in [0.4, 0.5) is 0 Å². The molecule has 5 saturated carbocycles. The van der Waals surface area contributed by atoms with Crippen LogP contribution in [0.2, 0.25) is 0 Å². The number of rotatable bonds is 10. The summed E-state index contributed by atoms with van der Waals surface area (Å²) in [5.74, 6) is 15.5. The third-order valence-electron chi connectivity index (χ3n) is 18.5. The zero-order chi connectivity index (χ0) is 40.7. The van der Waals surface area contributed by atoms with Crippen molar-refractivity contribution in [3.63, 3.8) is 0 Å². The van der Waals surface area contributed by atoms with Crippen molar-refractivity contribution in [3.05, 3.63) is 33.9 Å². The van der Waals surface area contributed by atoms with E-state index in [0.29, 0.717) is 11.8 Å². The van der Waals surface area contributed by atoms with Crippen LogP contribution in [-0.4, -0.2) is 0 Å². The van der Waals surface area contributed by atoms with E-state index < -0.39 is 0 Å². The summed E-state index contributed by atoms with van der Waals surface area (Å²) in [5, 5.41) is 0. The standard InChI is InChI=1S/C56H96/c1-32(2)42-21-16-37(11)26-47(42)52-31-53(48-27-38(12)17-22-43(48)33(3)4)55(50-29-40(14)19-24-45(50)35(7)8)56(51-30-41(15)20-25-46(51)36(9)10)54(52)49-28-39(13)18-23-44(49)34(5)6/h31-51H,16-30H2,1-15H3. The second kappa shape index (κ2) is 18.9. The Bertz CT molecular complexity index is 1300. The molecule has 1 aromatic carbocycles. The Hall–Kier alpha value is -0.780. The first-order chi connectivity index (χ1) is 26.5. The maximum Gasteiger partial charge on any atom is -0.0123 e. The molecule has 15 unspecified atom stereocenters. The highest BCUT2D eigenvalue weighted by Gasteiger charge is 2.47. The fraction of sp³-hybridized carbons (Fsp3) is 0.893. The lowest BCUT2D eigenvalue weighted by atomic mass is 9.55. The molecule has 0 saturated heterocycles. The van der Waals surface area contributed by atoms with Crippen LogP contribution in [0, 0.1) is 88.8 Å². The summed E-state index contributed by atoms with van der Waals surface area (Å²) in [7, 11) is 0. The van der Waals surface area contributed by atoms with Gasteiger partial charge in [-0.3, -0.25) is 0 Å². The summed E-state index contributed by atoms with van der Waals surface area (Å²) in [4.78, 5) is 0. The summed E-state index contributed by atoms with van der Waals surface area (Å²) >= 11 is 0. The van der Waals surface area contributed by atoms with Crippen LogP contribution in [0.5, 0.6) is 0 Å². The van der Waals surface area contributed by atoms with Gasteiger partial charge in [0.25, 0.3) is 0 Å². The third kappa shape index (κ3) is 9.41. The van der Waals surface area contributed by atoms with Gasteiger partial charge in [-0.05, 0) is 210 Å². The summed E-state index contributed by atoms with van der Waals surface area (Å²) in [6.07, 6.45) is 21.5. The summed E-state index contributed by atoms with van der Waals surface area (Å²) in [6, 6.07) is 3.13. The molecule has 56 heavy (non-hydrogen) atoms. The van der Waals surface area contributed by atoms with Gasteiger partial charge in [0.15, 0.2) is 0 Å². The van der Waals surface area contributed by atoms with Crippen molar-refractivity contribution in [2.24, 2.45) is 88.8 Å². The number of hydrogen-bond donors (Lipinski definition) is 0. The van der Waals surface area contributed by atoms with Crippen molar-refractivity contribution >= 4 is 0 Å². The zero-order valence-corrected chi connectivity index (χ0v) is 40.2. The van der Waals surface area contributed by atoms with Gasteiger partial charge in [-0.25, -0.2) is 0 Å². The van der Waals surface area contributed by atoms with Crippen molar-refractivity contribution < 1.29 is 0 Å². The van der Waals surface area contributed by atoms with Crippen LogP contribution in [0.1, 0.15) is 258 Å². The minimum Gasteiger partial charge on any atom is -0.0625 e. The molecule has 0 nitrogen and oxygen atoms in total. The van der Waals surface area contributed by atoms with Crippen molar-refractivity contribution in [3.8, 4) is 0 Å². The van der Waals surface area contributed by atoms with E-state index in [9.17, 15) is 0 Å². The lowest BCUT2D eigenvalue weighted by molar-refractivity contribution is 0.164. The number of benzene rings is 1. The van der Waals surface area contributed by atoms with Crippen LogP contribution >= 0.6 is 0 Å². The quantitative estimate of drug-likeness (QED) is 0.222. The Morgan fingerprint density at radius 2 is 0.518 bits per heavy atom. The van der Waals surface area contributed by atoms with Crippen molar-refractivity contribution in [1.82, 2.24) is 0 Å². The van der Waals surface area contributed by atoms with Crippen molar-refractivity contribution in [2.45, 2.75) is 230 Å². The Balaban J connectivity index is 1.81. The van der Waals surface area contributed by atoms with E-state index in [-0.39, 0.29) is 0 Å². The summed E-state index contributed by atoms with van der Waals surface area (Å²) in [5.41, 5.74) is 9.99. The predicted octanol–water partition coefficient (Wildman–Crippen LogP) is 17.6. The lowest BCUT2D eigenvalue weighted by Gasteiger charge is -2.50. The fourth-order valence-corrected chi connectivity index (χ4v) is 15.3. The van der Waals surface area contributed by atoms with E-state index in [4.69, 9.17) is 0 Å². The minimum atomic E-state index is 0.716. The van der Waals surface area contributed by atoms with Gasteiger partial charge in [0.2, 0.25) is 0 Å². The van der Waals surface area contributed by atoms with Gasteiger partial charge in [-0.15, -0.1) is 0 Å². The Labute approximate surface area is 351 Å². The van der Waals surface area contributed by atoms with E-state index in [2.05, 4.69) is 115 Å². The largest absolute Gasteiger partial charge is 0.0625 e. The van der Waals surface area contributed by atoms with Gasteiger partial charge in [0.05, 0.1) is 0 Å². The molecule has 0 aliphatic heterocycles. The molecule has 0 heteroatoms. The SMILES string of the molecule is CC1CCC(C(C)C)C(c2cc(C3CC(C)CCC3C(C)C)c(C3CC(C)CCC3C(C)C)c(C3CC(C)CCC3C(C)C)c2C2CC(C)CCC2C(C)C)C1. The molecule has 0 bridgehead atoms. The van der Waals surface area contributed by atoms with Gasteiger partial charge in [-0.2, -0.15) is 0 Å². The smallest absolute Gasteiger partial charge is 0.0123 e. The highest BCUT2D eigenvalue weighted by molar-refractivity contribution is 5.55. The highest BCUT2D eigenvalue weighted by atomic mass is 14.5. The van der Waals surface area contributed by atoms with Gasteiger partial charge >= 0.3 is 0 Å². The van der Waals surface area contributed by atoms with E-state index in [0.717, 1.165) is 107 Å². The molecule has 5 fully saturated rings. The normalized spacial score (nSPS) is 40.3. The molecule has 6 rings (SSSR count). The average molecular weight is 769 g/mol. The van der Waals surface area contributed by atoms with Crippen LogP contribution in [-0.2, 0) is 0 Å². The van der Waals surface area contributed by atoms with Crippen molar-refractivity contribution in [2.75, 3.05) is 0 Å². The molecule has 0 heterocycles. The Morgan fingerprint density at radius 3 is 0.768 bits per heavy atom. The molecule has 0 radical (unpaired) electrons. The van der Waals surface area contributed by atoms with Crippen molar-refractivity contribution in [1.29, 1.82) is 0 Å². The molecular weight excluding hydrogens is 673 g/mol. The molecule has 0 amide bonds. The van der Waals surface area contributed by atoms with Gasteiger partial charge < -0.3 is 0 Å². The first-order valence-electron chi connectivity index (χ1n) is 25.7. The Morgan fingerprint density at radius 1 is 0.304 bits per heavy atom. The third-order valence-corrected chi connectivity index (χ3v) is 18.5. The molecule has 0 aromatic heterocycles. The maximum atomic E-state index is 3.13. The van der Waals surface area contributed by atoms with E-state index in [1.54, 1.807) is 0 Å². The maximum absolute atomic E-state index is 3.13. The first-order valence-corrected chi connectivity index (χ1v) is 25.7. The predicted molar refractivity (Wildman–Crippen MR) is 247 cm³/mol. The summed E-state index contributed by atoms with van der Waals surface area (Å²) < 4.78 is 0. The van der Waals surface area contributed by atoms with Gasteiger partial charge in [-0.1, -0.05) is 142 Å². The van der Waals surface area contributed by atoms with E-state index in [1.807, 2.05) is 22.3 Å². The zero-order valence-electron chi connectivity index (χ0n) is 40.2. The first kappa shape index (κ1) is 44.8. The highest BCUT2D eigenvalue weighted by Crippen LogP contribution is 2.61. The van der Waals surface area contributed by atoms with Crippen LogP contribution in [0.15, 0.2) is 6.07 Å². The average Bonchev–Trinajstić information content (AvgIpc) is 3.13. The summed E-state index contributed by atoms with van der Waals surface area (Å²) in [6.45, 7) is 39.4. The van der Waals surface area contributed by atoms with Crippen LogP contribution in [0.3, 0.4) is 0 Å². The number of hydrogen-bond acceptors (Lipinski definition) is 0. The minimum absolute atomic E-state index is 0.716. The molecule has 15 atom stereocenters. The van der Waals surface area contributed by atoms with Crippen LogP contribution in [0.25, 0.3) is 0 Å². The topological polar surface area (TPSA) is 0 Å². The van der Waals surface area contributed by atoms with E-state index in [1.165, 1.54) is 96.3 Å². The fourth-order valence-electron chi connectivity index (χ4n) is 15.3. The Kier molecular flexibility index (Phi) is 15.1. The molecule has 1 aromatic rings. The van der Waals surface area contributed by atoms with E-state index >= 15 is 0 Å². The lowest BCUT2D eigenvalue weighted by Crippen LogP contribution is -2.37. The molecule has 0 spiro atoms. The monoisotopic (exact) mass is 769 g/mol. The molecule has 0 N–H and O–H groups in total. The second-order valence-corrected chi connectivity index (χ2v) is 24.5. The van der Waals surface area contributed by atoms with Crippen LogP contribution < -0.4 is 0 Å². The molecule has 5 aliphatic rings. The molecule has 5 aliphatic carbocycles.